The van der Waals surface area contributed by atoms with E-state index in [-0.39, 0.29) is 5.91 Å². The minimum Gasteiger partial charge on any atom is -0.325 e. The number of rotatable bonds is 5. The molecule has 0 aliphatic carbocycles. The first-order valence-electron chi connectivity index (χ1n) is 8.30. The van der Waals surface area contributed by atoms with Gasteiger partial charge in [-0.25, -0.2) is 4.68 Å². The molecule has 0 spiro atoms. The fraction of sp³-hybridized carbons (Fsp3) is 0.200. The van der Waals surface area contributed by atoms with E-state index in [1.165, 1.54) is 0 Å². The SMILES string of the molecule is Cc1cc(C)n(-c2ccc(CCC(=O)Nc3cccc(Cl)c3Cl)cc2)n1. The molecule has 1 heterocycles. The number of aromatic nitrogens is 2. The fourth-order valence-electron chi connectivity index (χ4n) is 2.77. The second kappa shape index (κ2) is 7.94. The molecule has 3 aromatic rings. The van der Waals surface area contributed by atoms with E-state index >= 15 is 0 Å². The molecule has 0 radical (unpaired) electrons. The molecule has 0 fully saturated rings. The maximum atomic E-state index is 12.2. The Morgan fingerprint density at radius 2 is 1.85 bits per heavy atom. The maximum Gasteiger partial charge on any atom is 0.224 e. The lowest BCUT2D eigenvalue weighted by molar-refractivity contribution is -0.116. The van der Waals surface area contributed by atoms with E-state index in [1.54, 1.807) is 18.2 Å². The molecule has 0 unspecified atom stereocenters. The molecule has 6 heteroatoms. The van der Waals surface area contributed by atoms with Crippen LogP contribution in [0.2, 0.25) is 10.0 Å². The van der Waals surface area contributed by atoms with Crippen molar-refractivity contribution < 1.29 is 4.79 Å². The maximum absolute atomic E-state index is 12.2. The minimum atomic E-state index is -0.100. The van der Waals surface area contributed by atoms with Gasteiger partial charge in [0.15, 0.2) is 0 Å². The van der Waals surface area contributed by atoms with Gasteiger partial charge in [-0.1, -0.05) is 41.4 Å². The third-order valence-corrected chi connectivity index (χ3v) is 4.88. The van der Waals surface area contributed by atoms with Crippen molar-refractivity contribution in [1.29, 1.82) is 0 Å². The van der Waals surface area contributed by atoms with E-state index in [1.807, 2.05) is 48.9 Å². The number of hydrogen-bond donors (Lipinski definition) is 1. The molecule has 0 atom stereocenters. The van der Waals surface area contributed by atoms with Gasteiger partial charge >= 0.3 is 0 Å². The first-order chi connectivity index (χ1) is 12.4. The predicted octanol–water partition coefficient (Wildman–Crippen LogP) is 5.37. The zero-order valence-electron chi connectivity index (χ0n) is 14.6. The van der Waals surface area contributed by atoms with Gasteiger partial charge in [0.1, 0.15) is 0 Å². The lowest BCUT2D eigenvalue weighted by Crippen LogP contribution is -2.12. The summed E-state index contributed by atoms with van der Waals surface area (Å²) in [5.74, 6) is -0.100. The van der Waals surface area contributed by atoms with E-state index in [2.05, 4.69) is 10.4 Å². The first kappa shape index (κ1) is 18.5. The van der Waals surface area contributed by atoms with E-state index in [0.29, 0.717) is 28.6 Å². The third-order valence-electron chi connectivity index (χ3n) is 4.06. The zero-order chi connectivity index (χ0) is 18.7. The summed E-state index contributed by atoms with van der Waals surface area (Å²) in [5.41, 5.74) is 4.71. The van der Waals surface area contributed by atoms with Crippen LogP contribution in [-0.2, 0) is 11.2 Å². The topological polar surface area (TPSA) is 46.9 Å². The van der Waals surface area contributed by atoms with E-state index in [0.717, 1.165) is 22.6 Å². The molecular formula is C20H19Cl2N3O. The van der Waals surface area contributed by atoms with Gasteiger partial charge in [0.25, 0.3) is 0 Å². The van der Waals surface area contributed by atoms with Crippen molar-refractivity contribution in [2.75, 3.05) is 5.32 Å². The highest BCUT2D eigenvalue weighted by molar-refractivity contribution is 6.43. The molecular weight excluding hydrogens is 369 g/mol. The van der Waals surface area contributed by atoms with Crippen molar-refractivity contribution in [2.24, 2.45) is 0 Å². The number of carbonyl (C=O) groups is 1. The van der Waals surface area contributed by atoms with Crippen molar-refractivity contribution in [3.8, 4) is 5.69 Å². The number of anilines is 1. The van der Waals surface area contributed by atoms with Gasteiger partial charge in [0.05, 0.1) is 27.1 Å². The van der Waals surface area contributed by atoms with E-state index in [4.69, 9.17) is 23.2 Å². The molecule has 3 rings (SSSR count). The Hall–Kier alpha value is -2.30. The van der Waals surface area contributed by atoms with Crippen LogP contribution in [0.25, 0.3) is 5.69 Å². The number of nitrogens with one attached hydrogen (secondary N) is 1. The highest BCUT2D eigenvalue weighted by Gasteiger charge is 2.09. The molecule has 0 aliphatic rings. The minimum absolute atomic E-state index is 0.100. The van der Waals surface area contributed by atoms with Gasteiger partial charge in [-0.2, -0.15) is 5.10 Å². The highest BCUT2D eigenvalue weighted by Crippen LogP contribution is 2.29. The van der Waals surface area contributed by atoms with Crippen LogP contribution in [0.15, 0.2) is 48.5 Å². The standard InChI is InChI=1S/C20H19Cl2N3O/c1-13-12-14(2)25(24-13)16-9-6-15(7-10-16)8-11-19(26)23-18-5-3-4-17(21)20(18)22/h3-7,9-10,12H,8,11H2,1-2H3,(H,23,26). The Morgan fingerprint density at radius 1 is 1.12 bits per heavy atom. The Kier molecular flexibility index (Phi) is 5.64. The van der Waals surface area contributed by atoms with Crippen molar-refractivity contribution in [3.63, 3.8) is 0 Å². The Labute approximate surface area is 162 Å². The second-order valence-electron chi connectivity index (χ2n) is 6.15. The van der Waals surface area contributed by atoms with Gasteiger partial charge in [-0.3, -0.25) is 4.79 Å². The summed E-state index contributed by atoms with van der Waals surface area (Å²) < 4.78 is 1.91. The third kappa shape index (κ3) is 4.26. The summed E-state index contributed by atoms with van der Waals surface area (Å²) in [6, 6.07) is 15.3. The predicted molar refractivity (Wildman–Crippen MR) is 106 cm³/mol. The molecule has 0 saturated carbocycles. The Morgan fingerprint density at radius 3 is 2.50 bits per heavy atom. The Balaban J connectivity index is 1.60. The largest absolute Gasteiger partial charge is 0.325 e. The molecule has 0 bridgehead atoms. The van der Waals surface area contributed by atoms with E-state index in [9.17, 15) is 4.79 Å². The Bertz CT molecular complexity index is 933. The molecule has 0 aliphatic heterocycles. The van der Waals surface area contributed by atoms with Gasteiger partial charge in [-0.05, 0) is 56.2 Å². The van der Waals surface area contributed by atoms with Crippen LogP contribution >= 0.6 is 23.2 Å². The van der Waals surface area contributed by atoms with Gasteiger partial charge in [-0.15, -0.1) is 0 Å². The highest BCUT2D eigenvalue weighted by atomic mass is 35.5. The van der Waals surface area contributed by atoms with Gasteiger partial charge in [0.2, 0.25) is 5.91 Å². The summed E-state index contributed by atoms with van der Waals surface area (Å²) in [6.07, 6.45) is 1.00. The number of carbonyl (C=O) groups excluding carboxylic acids is 1. The summed E-state index contributed by atoms with van der Waals surface area (Å²) in [6.45, 7) is 4.00. The molecule has 1 N–H and O–H groups in total. The lowest BCUT2D eigenvalue weighted by Gasteiger charge is -2.09. The fourth-order valence-corrected chi connectivity index (χ4v) is 3.11. The number of nitrogens with zero attached hydrogens (tertiary/aromatic N) is 2. The van der Waals surface area contributed by atoms with Crippen LogP contribution in [0, 0.1) is 13.8 Å². The molecule has 1 aromatic heterocycles. The van der Waals surface area contributed by atoms with Crippen LogP contribution in [0.3, 0.4) is 0 Å². The lowest BCUT2D eigenvalue weighted by atomic mass is 10.1. The van der Waals surface area contributed by atoms with Crippen molar-refractivity contribution >= 4 is 34.8 Å². The summed E-state index contributed by atoms with van der Waals surface area (Å²) in [7, 11) is 0. The van der Waals surface area contributed by atoms with Crippen LogP contribution < -0.4 is 5.32 Å². The number of amides is 1. The molecule has 4 nitrogen and oxygen atoms in total. The molecule has 26 heavy (non-hydrogen) atoms. The van der Waals surface area contributed by atoms with Crippen molar-refractivity contribution in [3.05, 3.63) is 75.5 Å². The first-order valence-corrected chi connectivity index (χ1v) is 9.06. The van der Waals surface area contributed by atoms with E-state index < -0.39 is 0 Å². The monoisotopic (exact) mass is 387 g/mol. The number of halogens is 2. The normalized spacial score (nSPS) is 10.8. The molecule has 1 amide bonds. The van der Waals surface area contributed by atoms with Crippen molar-refractivity contribution in [2.45, 2.75) is 26.7 Å². The number of benzene rings is 2. The molecule has 2 aromatic carbocycles. The smallest absolute Gasteiger partial charge is 0.224 e. The molecule has 134 valence electrons. The number of hydrogen-bond acceptors (Lipinski definition) is 2. The zero-order valence-corrected chi connectivity index (χ0v) is 16.1. The summed E-state index contributed by atoms with van der Waals surface area (Å²) >= 11 is 12.0. The van der Waals surface area contributed by atoms with Crippen LogP contribution in [0.1, 0.15) is 23.4 Å². The quantitative estimate of drug-likeness (QED) is 0.639. The van der Waals surface area contributed by atoms with Crippen molar-refractivity contribution in [1.82, 2.24) is 9.78 Å². The summed E-state index contributed by atoms with van der Waals surface area (Å²) in [4.78, 5) is 12.2. The van der Waals surface area contributed by atoms with Gasteiger partial charge < -0.3 is 5.32 Å². The summed E-state index contributed by atoms with van der Waals surface area (Å²) in [5, 5.41) is 8.05. The van der Waals surface area contributed by atoms with Crippen LogP contribution in [0.5, 0.6) is 0 Å². The van der Waals surface area contributed by atoms with Gasteiger partial charge in [0, 0.05) is 12.1 Å². The second-order valence-corrected chi connectivity index (χ2v) is 6.94. The van der Waals surface area contributed by atoms with Crippen LogP contribution in [0.4, 0.5) is 5.69 Å². The van der Waals surface area contributed by atoms with Crippen LogP contribution in [-0.4, -0.2) is 15.7 Å². The average molecular weight is 388 g/mol. The molecule has 0 saturated heterocycles. The number of aryl methyl sites for hydroxylation is 3. The average Bonchev–Trinajstić information content (AvgIpc) is 2.96.